The summed E-state index contributed by atoms with van der Waals surface area (Å²) in [6.45, 7) is 0. The van der Waals surface area contributed by atoms with E-state index in [-0.39, 0.29) is 0 Å². The Labute approximate surface area is 242 Å². The second kappa shape index (κ2) is 11.6. The molecule has 0 spiro atoms. The normalized spacial score (nSPS) is 49.3. The molecule has 0 aromatic rings. The van der Waals surface area contributed by atoms with Crippen LogP contribution < -0.4 is 0 Å². The summed E-state index contributed by atoms with van der Waals surface area (Å²) in [5.74, 6) is 11.3. The molecule has 0 saturated heterocycles. The fourth-order valence-electron chi connectivity index (χ4n) is 14.1. The van der Waals surface area contributed by atoms with Crippen LogP contribution in [0.4, 0.5) is 0 Å². The van der Waals surface area contributed by atoms with E-state index in [0.717, 1.165) is 77.3 Å². The molecule has 0 amide bonds. The van der Waals surface area contributed by atoms with Gasteiger partial charge in [0.25, 0.3) is 0 Å². The van der Waals surface area contributed by atoms with Crippen molar-refractivity contribution in [3.8, 4) is 0 Å². The highest BCUT2D eigenvalue weighted by Gasteiger charge is 2.58. The smallest absolute Gasteiger partial charge is 0.0104 e. The van der Waals surface area contributed by atoms with E-state index in [0.29, 0.717) is 0 Å². The van der Waals surface area contributed by atoms with Crippen LogP contribution in [-0.4, -0.2) is 23.0 Å². The Morgan fingerprint density at radius 3 is 1.36 bits per heavy atom. The molecule has 0 heterocycles. The molecule has 0 bridgehead atoms. The quantitative estimate of drug-likeness (QED) is 0.347. The molecule has 220 valence electrons. The Balaban J connectivity index is 1.07. The third-order valence-corrected chi connectivity index (χ3v) is 15.4. The molecule has 8 fully saturated rings. The lowest BCUT2D eigenvalue weighted by molar-refractivity contribution is -0.0475. The maximum Gasteiger partial charge on any atom is 0.0104 e. The Kier molecular flexibility index (Phi) is 7.88. The standard InChI is InChI=1S/C38H63N/c1-3-14-32(15-4-1)39(33-16-5-2-6-17-33)34-20-19-29-24-31-23-28-13-9-10-18-35(28)37(38(31)36(29)25-34)30-21-26-11-7-8-12-27(26)22-30/h26-38H,1-25H2. The fourth-order valence-corrected chi connectivity index (χ4v) is 14.1. The van der Waals surface area contributed by atoms with Gasteiger partial charge in [0.2, 0.25) is 0 Å². The first-order valence-corrected chi connectivity index (χ1v) is 19.1. The third-order valence-electron chi connectivity index (χ3n) is 15.4. The minimum absolute atomic E-state index is 0.948. The number of fused-ring (bicyclic) bond motifs is 5. The summed E-state index contributed by atoms with van der Waals surface area (Å²) in [5.41, 5.74) is 0. The lowest BCUT2D eigenvalue weighted by atomic mass is 9.53. The molecule has 39 heavy (non-hydrogen) atoms. The molecule has 0 aromatic heterocycles. The minimum Gasteiger partial charge on any atom is -0.294 e. The molecule has 0 aliphatic heterocycles. The Morgan fingerprint density at radius 2 is 0.744 bits per heavy atom. The zero-order valence-electron chi connectivity index (χ0n) is 25.6. The van der Waals surface area contributed by atoms with Gasteiger partial charge in [-0.05, 0) is 136 Å². The molecule has 10 atom stereocenters. The van der Waals surface area contributed by atoms with Gasteiger partial charge in [-0.15, -0.1) is 0 Å². The van der Waals surface area contributed by atoms with Crippen LogP contribution in [0.5, 0.6) is 0 Å². The van der Waals surface area contributed by atoms with E-state index in [1.54, 1.807) is 96.3 Å². The molecular weight excluding hydrogens is 470 g/mol. The van der Waals surface area contributed by atoms with Gasteiger partial charge in [-0.1, -0.05) is 83.5 Å². The SMILES string of the molecule is C1CCC(N(C2CCCCC2)C2CCC3CC4CC5CCCCC5C(C5CC6CCCCC6C5)C4C3C2)CC1. The lowest BCUT2D eigenvalue weighted by Crippen LogP contribution is -2.53. The Hall–Kier alpha value is -0.0400. The largest absolute Gasteiger partial charge is 0.294 e. The third kappa shape index (κ3) is 5.01. The summed E-state index contributed by atoms with van der Waals surface area (Å²) in [7, 11) is 0. The second-order valence-electron chi connectivity index (χ2n) is 17.1. The fraction of sp³-hybridized carbons (Fsp3) is 1.00. The first kappa shape index (κ1) is 26.6. The zero-order chi connectivity index (χ0) is 25.8. The van der Waals surface area contributed by atoms with Crippen LogP contribution in [0, 0.1) is 59.2 Å². The van der Waals surface area contributed by atoms with Crippen LogP contribution in [0.1, 0.15) is 161 Å². The van der Waals surface area contributed by atoms with Crippen LogP contribution in [-0.2, 0) is 0 Å². The Morgan fingerprint density at radius 1 is 0.282 bits per heavy atom. The summed E-state index contributed by atoms with van der Waals surface area (Å²) in [6.07, 6.45) is 39.4. The molecule has 0 radical (unpaired) electrons. The second-order valence-corrected chi connectivity index (χ2v) is 17.1. The van der Waals surface area contributed by atoms with Gasteiger partial charge < -0.3 is 0 Å². The number of nitrogens with zero attached hydrogens (tertiary/aromatic N) is 1. The summed E-state index contributed by atoms with van der Waals surface area (Å²) < 4.78 is 0. The van der Waals surface area contributed by atoms with Crippen LogP contribution in [0.15, 0.2) is 0 Å². The predicted octanol–water partition coefficient (Wildman–Crippen LogP) is 10.4. The van der Waals surface area contributed by atoms with Crippen LogP contribution >= 0.6 is 0 Å². The van der Waals surface area contributed by atoms with Crippen LogP contribution in [0.2, 0.25) is 0 Å². The molecule has 8 aliphatic rings. The van der Waals surface area contributed by atoms with E-state index in [2.05, 4.69) is 4.90 Å². The molecule has 0 aromatic carbocycles. The molecular formula is C38H63N. The average Bonchev–Trinajstić information content (AvgIpc) is 3.58. The molecule has 0 N–H and O–H groups in total. The van der Waals surface area contributed by atoms with E-state index in [4.69, 9.17) is 0 Å². The van der Waals surface area contributed by atoms with Crippen molar-refractivity contribution in [2.45, 2.75) is 179 Å². The van der Waals surface area contributed by atoms with E-state index in [9.17, 15) is 0 Å². The highest BCUT2D eigenvalue weighted by Crippen LogP contribution is 2.65. The lowest BCUT2D eigenvalue weighted by Gasteiger charge is -2.54. The molecule has 10 unspecified atom stereocenters. The summed E-state index contributed by atoms with van der Waals surface area (Å²) in [4.78, 5) is 3.30. The molecule has 8 aliphatic carbocycles. The van der Waals surface area contributed by atoms with Crippen molar-refractivity contribution in [3.63, 3.8) is 0 Å². The molecule has 1 nitrogen and oxygen atoms in total. The van der Waals surface area contributed by atoms with Crippen molar-refractivity contribution >= 4 is 0 Å². The van der Waals surface area contributed by atoms with Crippen molar-refractivity contribution in [1.82, 2.24) is 4.90 Å². The van der Waals surface area contributed by atoms with Gasteiger partial charge in [0.15, 0.2) is 0 Å². The number of rotatable bonds is 4. The first-order valence-electron chi connectivity index (χ1n) is 19.1. The first-order chi connectivity index (χ1) is 19.3. The Bertz CT molecular complexity index is 776. The van der Waals surface area contributed by atoms with Gasteiger partial charge in [0, 0.05) is 18.1 Å². The number of hydrogen-bond donors (Lipinski definition) is 0. The summed E-state index contributed by atoms with van der Waals surface area (Å²) >= 11 is 0. The van der Waals surface area contributed by atoms with Gasteiger partial charge >= 0.3 is 0 Å². The van der Waals surface area contributed by atoms with Crippen molar-refractivity contribution < 1.29 is 0 Å². The van der Waals surface area contributed by atoms with Crippen molar-refractivity contribution in [3.05, 3.63) is 0 Å². The van der Waals surface area contributed by atoms with E-state index in [1.807, 2.05) is 0 Å². The molecule has 1 heteroatoms. The van der Waals surface area contributed by atoms with E-state index in [1.165, 1.54) is 64.2 Å². The van der Waals surface area contributed by atoms with Gasteiger partial charge in [-0.2, -0.15) is 0 Å². The zero-order valence-corrected chi connectivity index (χ0v) is 25.6. The monoisotopic (exact) mass is 533 g/mol. The highest BCUT2D eigenvalue weighted by molar-refractivity contribution is 5.08. The minimum atomic E-state index is 0.948. The van der Waals surface area contributed by atoms with Gasteiger partial charge in [0.1, 0.15) is 0 Å². The topological polar surface area (TPSA) is 3.24 Å². The van der Waals surface area contributed by atoms with Crippen LogP contribution in [0.25, 0.3) is 0 Å². The van der Waals surface area contributed by atoms with Gasteiger partial charge in [-0.3, -0.25) is 4.90 Å². The molecule has 8 saturated carbocycles. The number of hydrogen-bond acceptors (Lipinski definition) is 1. The van der Waals surface area contributed by atoms with Crippen LogP contribution in [0.3, 0.4) is 0 Å². The van der Waals surface area contributed by atoms with E-state index >= 15 is 0 Å². The predicted molar refractivity (Wildman–Crippen MR) is 164 cm³/mol. The summed E-state index contributed by atoms with van der Waals surface area (Å²) in [5, 5.41) is 0. The van der Waals surface area contributed by atoms with Gasteiger partial charge in [-0.25, -0.2) is 0 Å². The molecule has 8 rings (SSSR count). The van der Waals surface area contributed by atoms with Crippen molar-refractivity contribution in [1.29, 1.82) is 0 Å². The highest BCUT2D eigenvalue weighted by atomic mass is 15.2. The van der Waals surface area contributed by atoms with Crippen molar-refractivity contribution in [2.24, 2.45) is 59.2 Å². The summed E-state index contributed by atoms with van der Waals surface area (Å²) in [6, 6.07) is 2.85. The average molecular weight is 534 g/mol. The van der Waals surface area contributed by atoms with Gasteiger partial charge in [0.05, 0.1) is 0 Å². The maximum atomic E-state index is 3.30. The van der Waals surface area contributed by atoms with E-state index < -0.39 is 0 Å². The maximum absolute atomic E-state index is 3.30. The van der Waals surface area contributed by atoms with Crippen molar-refractivity contribution in [2.75, 3.05) is 0 Å².